The summed E-state index contributed by atoms with van der Waals surface area (Å²) in [5.41, 5.74) is 1.80. The van der Waals surface area contributed by atoms with E-state index < -0.39 is 0 Å². The van der Waals surface area contributed by atoms with Crippen LogP contribution in [0, 0.1) is 11.8 Å². The van der Waals surface area contributed by atoms with Gasteiger partial charge in [0.05, 0.1) is 5.69 Å². The summed E-state index contributed by atoms with van der Waals surface area (Å²) in [6, 6.07) is 0. The minimum atomic E-state index is 0.272. The number of aromatic amines is 1. The van der Waals surface area contributed by atoms with Crippen molar-refractivity contribution in [1.82, 2.24) is 24.8 Å². The molecule has 1 aliphatic heterocycles. The molecule has 1 amide bonds. The second-order valence-electron chi connectivity index (χ2n) is 7.27. The van der Waals surface area contributed by atoms with Crippen molar-refractivity contribution in [1.29, 1.82) is 0 Å². The number of carbonyl (C=O) groups excluding carboxylic acids is 1. The third-order valence-corrected chi connectivity index (χ3v) is 5.51. The lowest BCUT2D eigenvalue weighted by molar-refractivity contribution is -0.137. The Morgan fingerprint density at radius 2 is 1.92 bits per heavy atom. The molecule has 4 rings (SSSR count). The molecule has 1 aliphatic carbocycles. The fourth-order valence-electron chi connectivity index (χ4n) is 4.25. The predicted octanol–water partition coefficient (Wildman–Crippen LogP) is 2.84. The van der Waals surface area contributed by atoms with E-state index in [9.17, 15) is 4.79 Å². The van der Waals surface area contributed by atoms with Gasteiger partial charge >= 0.3 is 0 Å². The molecule has 0 unspecified atom stereocenters. The standard InChI is InChI=1S/C19H25N5O/c25-19(15-5-1-2-6-15)24-11-3-4-14(13-24)12-16-17(21-8-7-20-16)18-22-9-10-23-18/h7-10,14-15H,1-6,11-13H2,(H,22,23)/t14-/m0/s1. The molecule has 0 bridgehead atoms. The van der Waals surface area contributed by atoms with Crippen molar-refractivity contribution in [2.45, 2.75) is 44.9 Å². The van der Waals surface area contributed by atoms with Gasteiger partial charge in [-0.05, 0) is 38.0 Å². The molecule has 1 saturated carbocycles. The van der Waals surface area contributed by atoms with Crippen LogP contribution in [-0.4, -0.2) is 43.8 Å². The Bertz CT molecular complexity index is 708. The quantitative estimate of drug-likeness (QED) is 0.929. The molecule has 0 radical (unpaired) electrons. The first-order valence-corrected chi connectivity index (χ1v) is 9.39. The van der Waals surface area contributed by atoms with Gasteiger partial charge in [0.15, 0.2) is 5.82 Å². The van der Waals surface area contributed by atoms with Crippen molar-refractivity contribution < 1.29 is 4.79 Å². The van der Waals surface area contributed by atoms with Crippen molar-refractivity contribution in [3.63, 3.8) is 0 Å². The Hall–Kier alpha value is -2.24. The third kappa shape index (κ3) is 3.57. The van der Waals surface area contributed by atoms with E-state index in [0.29, 0.717) is 11.8 Å². The molecule has 132 valence electrons. The molecular weight excluding hydrogens is 314 g/mol. The molecule has 2 aliphatic rings. The van der Waals surface area contributed by atoms with E-state index in [4.69, 9.17) is 0 Å². The first-order chi connectivity index (χ1) is 12.3. The molecule has 2 aromatic heterocycles. The average molecular weight is 339 g/mol. The van der Waals surface area contributed by atoms with Gasteiger partial charge in [-0.1, -0.05) is 12.8 Å². The number of imidazole rings is 1. The highest BCUT2D eigenvalue weighted by Gasteiger charge is 2.31. The number of amides is 1. The number of hydrogen-bond acceptors (Lipinski definition) is 4. The van der Waals surface area contributed by atoms with Gasteiger partial charge in [-0.15, -0.1) is 0 Å². The molecule has 1 N–H and O–H groups in total. The van der Waals surface area contributed by atoms with Crippen molar-refractivity contribution in [2.24, 2.45) is 11.8 Å². The monoisotopic (exact) mass is 339 g/mol. The average Bonchev–Trinajstić information content (AvgIpc) is 3.36. The van der Waals surface area contributed by atoms with Crippen LogP contribution in [0.2, 0.25) is 0 Å². The van der Waals surface area contributed by atoms with E-state index in [1.807, 2.05) is 0 Å². The number of aromatic nitrogens is 4. The Labute approximate surface area is 148 Å². The van der Waals surface area contributed by atoms with Crippen LogP contribution in [0.15, 0.2) is 24.8 Å². The van der Waals surface area contributed by atoms with E-state index >= 15 is 0 Å². The number of nitrogens with zero attached hydrogens (tertiary/aromatic N) is 4. The Kier molecular flexibility index (Phi) is 4.76. The number of carbonyl (C=O) groups is 1. The Balaban J connectivity index is 1.45. The second-order valence-corrected chi connectivity index (χ2v) is 7.27. The first-order valence-electron chi connectivity index (χ1n) is 9.39. The minimum Gasteiger partial charge on any atom is -0.343 e. The molecule has 2 fully saturated rings. The summed E-state index contributed by atoms with van der Waals surface area (Å²) in [5, 5.41) is 0. The van der Waals surface area contributed by atoms with Crippen LogP contribution < -0.4 is 0 Å². The number of H-pyrrole nitrogens is 1. The van der Waals surface area contributed by atoms with E-state index in [1.54, 1.807) is 24.8 Å². The van der Waals surface area contributed by atoms with Crippen molar-refractivity contribution in [2.75, 3.05) is 13.1 Å². The van der Waals surface area contributed by atoms with Gasteiger partial charge in [0.1, 0.15) is 5.69 Å². The molecule has 25 heavy (non-hydrogen) atoms. The summed E-state index contributed by atoms with van der Waals surface area (Å²) in [6.07, 6.45) is 14.6. The topological polar surface area (TPSA) is 74.8 Å². The Morgan fingerprint density at radius 3 is 2.72 bits per heavy atom. The Morgan fingerprint density at radius 1 is 1.08 bits per heavy atom. The molecule has 6 nitrogen and oxygen atoms in total. The van der Waals surface area contributed by atoms with Crippen LogP contribution in [0.1, 0.15) is 44.2 Å². The number of likely N-dealkylation sites (tertiary alicyclic amines) is 1. The third-order valence-electron chi connectivity index (χ3n) is 5.51. The fourth-order valence-corrected chi connectivity index (χ4v) is 4.25. The summed E-state index contributed by atoms with van der Waals surface area (Å²) in [5.74, 6) is 1.86. The molecule has 0 spiro atoms. The van der Waals surface area contributed by atoms with Crippen LogP contribution in [0.4, 0.5) is 0 Å². The lowest BCUT2D eigenvalue weighted by Gasteiger charge is -2.34. The highest BCUT2D eigenvalue weighted by molar-refractivity contribution is 5.79. The summed E-state index contributed by atoms with van der Waals surface area (Å²) in [4.78, 5) is 31.3. The van der Waals surface area contributed by atoms with Gasteiger partial charge in [0.2, 0.25) is 5.91 Å². The van der Waals surface area contributed by atoms with Crippen LogP contribution >= 0.6 is 0 Å². The highest BCUT2D eigenvalue weighted by Crippen LogP contribution is 2.29. The molecule has 1 atom stereocenters. The number of nitrogens with one attached hydrogen (secondary N) is 1. The summed E-state index contributed by atoms with van der Waals surface area (Å²) < 4.78 is 0. The summed E-state index contributed by atoms with van der Waals surface area (Å²) in [6.45, 7) is 1.76. The van der Waals surface area contributed by atoms with Gasteiger partial charge in [0.25, 0.3) is 0 Å². The van der Waals surface area contributed by atoms with Crippen molar-refractivity contribution in [3.05, 3.63) is 30.5 Å². The smallest absolute Gasteiger partial charge is 0.225 e. The normalized spacial score (nSPS) is 21.6. The predicted molar refractivity (Wildman–Crippen MR) is 94.6 cm³/mol. The van der Waals surface area contributed by atoms with Gasteiger partial charge in [0, 0.05) is 43.8 Å². The second kappa shape index (κ2) is 7.33. The maximum Gasteiger partial charge on any atom is 0.225 e. The largest absolute Gasteiger partial charge is 0.343 e. The van der Waals surface area contributed by atoms with Crippen LogP contribution in [0.3, 0.4) is 0 Å². The van der Waals surface area contributed by atoms with Crippen molar-refractivity contribution >= 4 is 5.91 Å². The van der Waals surface area contributed by atoms with E-state index in [-0.39, 0.29) is 5.92 Å². The molecular formula is C19H25N5O. The van der Waals surface area contributed by atoms with Crippen LogP contribution in [0.25, 0.3) is 11.5 Å². The van der Waals surface area contributed by atoms with E-state index in [2.05, 4.69) is 24.8 Å². The maximum absolute atomic E-state index is 12.7. The lowest BCUT2D eigenvalue weighted by atomic mass is 9.91. The number of piperidine rings is 1. The fraction of sp³-hybridized carbons (Fsp3) is 0.579. The first kappa shape index (κ1) is 16.2. The zero-order chi connectivity index (χ0) is 17.1. The van der Waals surface area contributed by atoms with Gasteiger partial charge in [-0.2, -0.15) is 0 Å². The van der Waals surface area contributed by atoms with Gasteiger partial charge in [-0.25, -0.2) is 9.97 Å². The molecule has 2 aromatic rings. The molecule has 6 heteroatoms. The zero-order valence-electron chi connectivity index (χ0n) is 14.5. The van der Waals surface area contributed by atoms with Gasteiger partial charge in [-0.3, -0.25) is 9.78 Å². The lowest BCUT2D eigenvalue weighted by Crippen LogP contribution is -2.43. The molecule has 3 heterocycles. The SMILES string of the molecule is O=C(C1CCCC1)N1CCC[C@@H](Cc2nccnc2-c2ncc[nH]2)C1. The maximum atomic E-state index is 12.7. The zero-order valence-corrected chi connectivity index (χ0v) is 14.5. The minimum absolute atomic E-state index is 0.272. The number of rotatable bonds is 4. The van der Waals surface area contributed by atoms with Crippen LogP contribution in [-0.2, 0) is 11.2 Å². The van der Waals surface area contributed by atoms with Gasteiger partial charge < -0.3 is 9.88 Å². The van der Waals surface area contributed by atoms with E-state index in [1.165, 1.54) is 12.8 Å². The summed E-state index contributed by atoms with van der Waals surface area (Å²) in [7, 11) is 0. The number of hydrogen-bond donors (Lipinski definition) is 1. The van der Waals surface area contributed by atoms with E-state index in [0.717, 1.165) is 62.4 Å². The van der Waals surface area contributed by atoms with Crippen LogP contribution in [0.5, 0.6) is 0 Å². The van der Waals surface area contributed by atoms with Crippen molar-refractivity contribution in [3.8, 4) is 11.5 Å². The summed E-state index contributed by atoms with van der Waals surface area (Å²) >= 11 is 0. The molecule has 1 saturated heterocycles. The highest BCUT2D eigenvalue weighted by atomic mass is 16.2. The molecule has 0 aromatic carbocycles.